The SMILES string of the molecule is Cc1ccccc1C(=O)NCC(=O)N[C@@H](CC(C)C)C(=O)O. The summed E-state index contributed by atoms with van der Waals surface area (Å²) in [5.74, 6) is -1.81. The first-order chi connectivity index (χ1) is 10.3. The summed E-state index contributed by atoms with van der Waals surface area (Å²) in [4.78, 5) is 34.8. The summed E-state index contributed by atoms with van der Waals surface area (Å²) in [5, 5.41) is 14.0. The van der Waals surface area contributed by atoms with Gasteiger partial charge in [-0.15, -0.1) is 0 Å². The number of carbonyl (C=O) groups is 3. The summed E-state index contributed by atoms with van der Waals surface area (Å²) in [6.45, 7) is 5.30. The lowest BCUT2D eigenvalue weighted by Crippen LogP contribution is -2.46. The summed E-state index contributed by atoms with van der Waals surface area (Å²) in [7, 11) is 0. The molecule has 0 aliphatic carbocycles. The monoisotopic (exact) mass is 306 g/mol. The number of amides is 2. The molecule has 0 radical (unpaired) electrons. The number of hydrogen-bond acceptors (Lipinski definition) is 3. The molecule has 0 saturated heterocycles. The molecule has 1 aromatic rings. The van der Waals surface area contributed by atoms with E-state index in [0.717, 1.165) is 5.56 Å². The largest absolute Gasteiger partial charge is 0.480 e. The number of carboxylic acid groups (broad SMARTS) is 1. The van der Waals surface area contributed by atoms with Crippen LogP contribution in [-0.4, -0.2) is 35.5 Å². The smallest absolute Gasteiger partial charge is 0.326 e. The van der Waals surface area contributed by atoms with Gasteiger partial charge in [0.25, 0.3) is 5.91 Å². The van der Waals surface area contributed by atoms with Crippen molar-refractivity contribution in [1.82, 2.24) is 10.6 Å². The lowest BCUT2D eigenvalue weighted by molar-refractivity contribution is -0.142. The molecule has 1 atom stereocenters. The molecule has 0 saturated carbocycles. The van der Waals surface area contributed by atoms with Crippen LogP contribution in [0.3, 0.4) is 0 Å². The van der Waals surface area contributed by atoms with Crippen LogP contribution in [-0.2, 0) is 9.59 Å². The van der Waals surface area contributed by atoms with Crippen LogP contribution in [0.4, 0.5) is 0 Å². The van der Waals surface area contributed by atoms with E-state index in [1.165, 1.54) is 0 Å². The first kappa shape index (κ1) is 17.7. The van der Waals surface area contributed by atoms with Gasteiger partial charge in [0.05, 0.1) is 6.54 Å². The predicted molar refractivity (Wildman–Crippen MR) is 82.5 cm³/mol. The minimum absolute atomic E-state index is 0.142. The highest BCUT2D eigenvalue weighted by atomic mass is 16.4. The van der Waals surface area contributed by atoms with E-state index >= 15 is 0 Å². The summed E-state index contributed by atoms with van der Waals surface area (Å²) < 4.78 is 0. The Bertz CT molecular complexity index is 555. The second-order valence-electron chi connectivity index (χ2n) is 5.59. The molecule has 3 N–H and O–H groups in total. The topological polar surface area (TPSA) is 95.5 Å². The van der Waals surface area contributed by atoms with Crippen LogP contribution in [0.1, 0.15) is 36.2 Å². The average molecular weight is 306 g/mol. The van der Waals surface area contributed by atoms with Crippen LogP contribution >= 0.6 is 0 Å². The second-order valence-corrected chi connectivity index (χ2v) is 5.59. The molecule has 22 heavy (non-hydrogen) atoms. The molecule has 1 rings (SSSR count). The van der Waals surface area contributed by atoms with Gasteiger partial charge in [-0.25, -0.2) is 4.79 Å². The Kier molecular flexibility index (Phi) is 6.56. The molecule has 0 fully saturated rings. The molecule has 1 aromatic carbocycles. The Morgan fingerprint density at radius 1 is 1.18 bits per heavy atom. The molecule has 0 unspecified atom stereocenters. The Morgan fingerprint density at radius 2 is 1.82 bits per heavy atom. The zero-order valence-electron chi connectivity index (χ0n) is 13.1. The zero-order chi connectivity index (χ0) is 16.7. The third-order valence-electron chi connectivity index (χ3n) is 3.14. The first-order valence-corrected chi connectivity index (χ1v) is 7.17. The van der Waals surface area contributed by atoms with Crippen LogP contribution in [0, 0.1) is 12.8 Å². The average Bonchev–Trinajstić information content (AvgIpc) is 2.44. The standard InChI is InChI=1S/C16H22N2O4/c1-10(2)8-13(16(21)22)18-14(19)9-17-15(20)12-7-5-4-6-11(12)3/h4-7,10,13H,8-9H2,1-3H3,(H,17,20)(H,18,19)(H,21,22)/t13-/m0/s1. The number of carboxylic acids is 1. The molecule has 0 spiro atoms. The first-order valence-electron chi connectivity index (χ1n) is 7.17. The molecule has 6 heteroatoms. The number of rotatable bonds is 7. The van der Waals surface area contributed by atoms with Crippen molar-refractivity contribution >= 4 is 17.8 Å². The van der Waals surface area contributed by atoms with Gasteiger partial charge >= 0.3 is 5.97 Å². The van der Waals surface area contributed by atoms with Gasteiger partial charge in [0.2, 0.25) is 5.91 Å². The molecule has 0 heterocycles. The number of aliphatic carboxylic acids is 1. The molecule has 2 amide bonds. The van der Waals surface area contributed by atoms with Crippen molar-refractivity contribution < 1.29 is 19.5 Å². The van der Waals surface area contributed by atoms with E-state index in [4.69, 9.17) is 5.11 Å². The van der Waals surface area contributed by atoms with E-state index in [1.807, 2.05) is 19.9 Å². The number of carbonyl (C=O) groups excluding carboxylic acids is 2. The predicted octanol–water partition coefficient (Wildman–Crippen LogP) is 1.34. The highest BCUT2D eigenvalue weighted by molar-refractivity contribution is 5.97. The van der Waals surface area contributed by atoms with Gasteiger partial charge in [-0.1, -0.05) is 32.0 Å². The van der Waals surface area contributed by atoms with E-state index in [-0.39, 0.29) is 18.4 Å². The second kappa shape index (κ2) is 8.17. The molecule has 0 aliphatic heterocycles. The molecule has 0 aliphatic rings. The van der Waals surface area contributed by atoms with Crippen LogP contribution in [0.25, 0.3) is 0 Å². The van der Waals surface area contributed by atoms with Gasteiger partial charge < -0.3 is 15.7 Å². The fourth-order valence-corrected chi connectivity index (χ4v) is 2.02. The molecule has 6 nitrogen and oxygen atoms in total. The van der Waals surface area contributed by atoms with E-state index in [1.54, 1.807) is 25.1 Å². The van der Waals surface area contributed by atoms with Gasteiger partial charge in [-0.05, 0) is 30.9 Å². The summed E-state index contributed by atoms with van der Waals surface area (Å²) >= 11 is 0. The maximum absolute atomic E-state index is 12.0. The van der Waals surface area contributed by atoms with E-state index in [0.29, 0.717) is 12.0 Å². The van der Waals surface area contributed by atoms with Gasteiger partial charge in [0.1, 0.15) is 6.04 Å². The molecular formula is C16H22N2O4. The van der Waals surface area contributed by atoms with Crippen molar-refractivity contribution in [2.75, 3.05) is 6.54 Å². The van der Waals surface area contributed by atoms with Crippen molar-refractivity contribution in [2.45, 2.75) is 33.2 Å². The number of benzene rings is 1. The third-order valence-corrected chi connectivity index (χ3v) is 3.14. The minimum atomic E-state index is -1.08. The number of hydrogen-bond donors (Lipinski definition) is 3. The minimum Gasteiger partial charge on any atom is -0.480 e. The Balaban J connectivity index is 2.53. The maximum Gasteiger partial charge on any atom is 0.326 e. The van der Waals surface area contributed by atoms with Crippen LogP contribution in [0.5, 0.6) is 0 Å². The van der Waals surface area contributed by atoms with Crippen molar-refractivity contribution in [3.05, 3.63) is 35.4 Å². The normalized spacial score (nSPS) is 11.8. The van der Waals surface area contributed by atoms with Crippen LogP contribution in [0.2, 0.25) is 0 Å². The van der Waals surface area contributed by atoms with Gasteiger partial charge in [-0.2, -0.15) is 0 Å². The fraction of sp³-hybridized carbons (Fsp3) is 0.438. The van der Waals surface area contributed by atoms with Crippen LogP contribution < -0.4 is 10.6 Å². The van der Waals surface area contributed by atoms with Gasteiger partial charge in [-0.3, -0.25) is 9.59 Å². The molecule has 120 valence electrons. The van der Waals surface area contributed by atoms with Crippen molar-refractivity contribution in [2.24, 2.45) is 5.92 Å². The summed E-state index contributed by atoms with van der Waals surface area (Å²) in [6.07, 6.45) is 0.340. The molecular weight excluding hydrogens is 284 g/mol. The Labute approximate surface area is 129 Å². The van der Waals surface area contributed by atoms with E-state index < -0.39 is 17.9 Å². The van der Waals surface area contributed by atoms with Gasteiger partial charge in [0.15, 0.2) is 0 Å². The lowest BCUT2D eigenvalue weighted by atomic mass is 10.0. The van der Waals surface area contributed by atoms with Crippen molar-refractivity contribution in [3.63, 3.8) is 0 Å². The highest BCUT2D eigenvalue weighted by Crippen LogP contribution is 2.06. The summed E-state index contributed by atoms with van der Waals surface area (Å²) in [5.41, 5.74) is 1.30. The van der Waals surface area contributed by atoms with Gasteiger partial charge in [0, 0.05) is 5.56 Å². The number of aryl methyl sites for hydroxylation is 1. The lowest BCUT2D eigenvalue weighted by Gasteiger charge is -2.16. The summed E-state index contributed by atoms with van der Waals surface area (Å²) in [6, 6.07) is 6.09. The molecule has 0 aromatic heterocycles. The quantitative estimate of drug-likeness (QED) is 0.708. The number of nitrogens with one attached hydrogen (secondary N) is 2. The zero-order valence-corrected chi connectivity index (χ0v) is 13.1. The molecule has 0 bridgehead atoms. The van der Waals surface area contributed by atoms with Crippen LogP contribution in [0.15, 0.2) is 24.3 Å². The highest BCUT2D eigenvalue weighted by Gasteiger charge is 2.21. The van der Waals surface area contributed by atoms with Crippen molar-refractivity contribution in [1.29, 1.82) is 0 Å². The Hall–Kier alpha value is -2.37. The Morgan fingerprint density at radius 3 is 2.36 bits per heavy atom. The third kappa shape index (κ3) is 5.55. The van der Waals surface area contributed by atoms with Crippen molar-refractivity contribution in [3.8, 4) is 0 Å². The van der Waals surface area contributed by atoms with E-state index in [2.05, 4.69) is 10.6 Å². The fourth-order valence-electron chi connectivity index (χ4n) is 2.02. The maximum atomic E-state index is 12.0. The van der Waals surface area contributed by atoms with E-state index in [9.17, 15) is 14.4 Å².